The molecule has 1 aromatic rings. The number of methoxy groups -OCH3 is 1. The molecule has 0 aliphatic heterocycles. The zero-order chi connectivity index (χ0) is 14.6. The minimum atomic E-state index is -4.56. The number of hydrogen-bond donors (Lipinski definition) is 1. The molecule has 9 heteroatoms. The number of ether oxygens (including phenoxy) is 1. The van der Waals surface area contributed by atoms with Gasteiger partial charge in [0, 0.05) is 14.1 Å². The lowest BCUT2D eigenvalue weighted by Gasteiger charge is -2.17. The van der Waals surface area contributed by atoms with E-state index >= 15 is 0 Å². The Bertz CT molecular complexity index is 463. The molecule has 0 spiro atoms. The van der Waals surface area contributed by atoms with Gasteiger partial charge in [0.05, 0.1) is 13.3 Å². The largest absolute Gasteiger partial charge is 0.467 e. The molecule has 0 saturated carbocycles. The Labute approximate surface area is 107 Å². The number of alkyl halides is 3. The first-order valence-corrected chi connectivity index (χ1v) is 5.18. The molecule has 0 aliphatic carbocycles. The van der Waals surface area contributed by atoms with Gasteiger partial charge in [-0.1, -0.05) is 0 Å². The minimum absolute atomic E-state index is 0.0533. The molecule has 0 fully saturated rings. The zero-order valence-electron chi connectivity index (χ0n) is 10.6. The molecule has 0 unspecified atom stereocenters. The Kier molecular flexibility index (Phi) is 4.52. The first-order valence-electron chi connectivity index (χ1n) is 5.18. The molecule has 0 bridgehead atoms. The fourth-order valence-corrected chi connectivity index (χ4v) is 1.26. The van der Waals surface area contributed by atoms with E-state index in [1.807, 2.05) is 0 Å². The normalized spacial score (nSPS) is 11.1. The van der Waals surface area contributed by atoms with Gasteiger partial charge < -0.3 is 15.0 Å². The van der Waals surface area contributed by atoms with E-state index < -0.39 is 18.5 Å². The van der Waals surface area contributed by atoms with Crippen LogP contribution < -0.4 is 15.0 Å². The molecule has 6 nitrogen and oxygen atoms in total. The monoisotopic (exact) mass is 278 g/mol. The van der Waals surface area contributed by atoms with Gasteiger partial charge in [-0.2, -0.15) is 18.2 Å². The average Bonchev–Trinajstić information content (AvgIpc) is 2.26. The van der Waals surface area contributed by atoms with Crippen molar-refractivity contribution in [2.24, 2.45) is 0 Å². The number of nitrogens with zero attached hydrogens (tertiary/aromatic N) is 3. The van der Waals surface area contributed by atoms with Gasteiger partial charge in [-0.05, 0) is 0 Å². The number of halogens is 3. The summed E-state index contributed by atoms with van der Waals surface area (Å²) >= 11 is 0. The second-order valence-corrected chi connectivity index (χ2v) is 3.83. The summed E-state index contributed by atoms with van der Waals surface area (Å²) in [6.45, 7) is 0. The van der Waals surface area contributed by atoms with Gasteiger partial charge in [-0.15, -0.1) is 0 Å². The quantitative estimate of drug-likeness (QED) is 0.902. The second kappa shape index (κ2) is 5.72. The van der Waals surface area contributed by atoms with Crippen molar-refractivity contribution in [2.75, 3.05) is 31.4 Å². The molecule has 1 rings (SSSR count). The maximum atomic E-state index is 12.1. The number of hydrogen-bond acceptors (Lipinski definition) is 5. The van der Waals surface area contributed by atoms with Gasteiger partial charge in [0.25, 0.3) is 0 Å². The standard InChI is InChI=1S/C10H13F3N4O2/c1-17(2)8-6(5-14-9(16-8)19-3)15-7(18)4-10(11,12)13/h5H,4H2,1-3H3,(H,15,18). The van der Waals surface area contributed by atoms with E-state index in [1.54, 1.807) is 14.1 Å². The maximum absolute atomic E-state index is 12.1. The van der Waals surface area contributed by atoms with Gasteiger partial charge in [-0.3, -0.25) is 4.79 Å². The lowest BCUT2D eigenvalue weighted by atomic mass is 10.3. The predicted molar refractivity (Wildman–Crippen MR) is 62.2 cm³/mol. The molecule has 1 N–H and O–H groups in total. The van der Waals surface area contributed by atoms with E-state index in [1.165, 1.54) is 18.2 Å². The van der Waals surface area contributed by atoms with E-state index in [0.717, 1.165) is 0 Å². The maximum Gasteiger partial charge on any atom is 0.397 e. The number of nitrogens with one attached hydrogen (secondary N) is 1. The molecular weight excluding hydrogens is 265 g/mol. The highest BCUT2D eigenvalue weighted by Gasteiger charge is 2.31. The Morgan fingerprint density at radius 1 is 1.47 bits per heavy atom. The Balaban J connectivity index is 2.91. The zero-order valence-corrected chi connectivity index (χ0v) is 10.6. The molecule has 0 aliphatic rings. The predicted octanol–water partition coefficient (Wildman–Crippen LogP) is 1.44. The number of rotatable bonds is 4. The van der Waals surface area contributed by atoms with E-state index in [9.17, 15) is 18.0 Å². The van der Waals surface area contributed by atoms with Crippen LogP contribution in [-0.4, -0.2) is 43.3 Å². The molecule has 0 atom stereocenters. The number of aromatic nitrogens is 2. The van der Waals surface area contributed by atoms with Gasteiger partial charge in [-0.25, -0.2) is 4.98 Å². The average molecular weight is 278 g/mol. The van der Waals surface area contributed by atoms with Crippen molar-refractivity contribution in [3.05, 3.63) is 6.20 Å². The van der Waals surface area contributed by atoms with Crippen LogP contribution in [0.3, 0.4) is 0 Å². The smallest absolute Gasteiger partial charge is 0.397 e. The van der Waals surface area contributed by atoms with Crippen molar-refractivity contribution in [3.63, 3.8) is 0 Å². The van der Waals surface area contributed by atoms with Crippen molar-refractivity contribution in [1.29, 1.82) is 0 Å². The van der Waals surface area contributed by atoms with Crippen molar-refractivity contribution in [1.82, 2.24) is 9.97 Å². The van der Waals surface area contributed by atoms with Crippen LogP contribution in [0.1, 0.15) is 6.42 Å². The Morgan fingerprint density at radius 2 is 2.11 bits per heavy atom. The third kappa shape index (κ3) is 4.60. The third-order valence-electron chi connectivity index (χ3n) is 1.99. The van der Waals surface area contributed by atoms with Gasteiger partial charge in [0.15, 0.2) is 5.82 Å². The highest BCUT2D eigenvalue weighted by molar-refractivity contribution is 5.93. The Hall–Kier alpha value is -2.06. The summed E-state index contributed by atoms with van der Waals surface area (Å²) < 4.78 is 41.0. The molecule has 0 radical (unpaired) electrons. The van der Waals surface area contributed by atoms with Crippen molar-refractivity contribution >= 4 is 17.4 Å². The van der Waals surface area contributed by atoms with Crippen LogP contribution in [0.4, 0.5) is 24.7 Å². The molecule has 0 saturated heterocycles. The molecule has 0 aromatic carbocycles. The first kappa shape index (κ1) is 15.0. The van der Waals surface area contributed by atoms with Crippen LogP contribution in [0.5, 0.6) is 6.01 Å². The van der Waals surface area contributed by atoms with Crippen LogP contribution in [0, 0.1) is 0 Å². The fourth-order valence-electron chi connectivity index (χ4n) is 1.26. The fraction of sp³-hybridized carbons (Fsp3) is 0.500. The molecule has 106 valence electrons. The second-order valence-electron chi connectivity index (χ2n) is 3.83. The van der Waals surface area contributed by atoms with Crippen LogP contribution in [0.15, 0.2) is 6.20 Å². The minimum Gasteiger partial charge on any atom is -0.467 e. The van der Waals surface area contributed by atoms with E-state index in [4.69, 9.17) is 4.74 Å². The lowest BCUT2D eigenvalue weighted by molar-refractivity contribution is -0.150. The summed E-state index contributed by atoms with van der Waals surface area (Å²) in [7, 11) is 4.61. The van der Waals surface area contributed by atoms with Crippen molar-refractivity contribution < 1.29 is 22.7 Å². The molecule has 1 heterocycles. The molecule has 19 heavy (non-hydrogen) atoms. The summed E-state index contributed by atoms with van der Waals surface area (Å²) in [4.78, 5) is 20.4. The summed E-state index contributed by atoms with van der Waals surface area (Å²) in [6.07, 6.45) is -4.93. The number of carbonyl (C=O) groups excluding carboxylic acids is 1. The van der Waals surface area contributed by atoms with Crippen LogP contribution in [0.2, 0.25) is 0 Å². The molecule has 1 amide bonds. The highest BCUT2D eigenvalue weighted by Crippen LogP contribution is 2.25. The van der Waals surface area contributed by atoms with Crippen LogP contribution in [-0.2, 0) is 4.79 Å². The van der Waals surface area contributed by atoms with E-state index in [0.29, 0.717) is 0 Å². The summed E-state index contributed by atoms with van der Waals surface area (Å²) in [6, 6.07) is 0.0533. The van der Waals surface area contributed by atoms with E-state index in [2.05, 4.69) is 15.3 Å². The van der Waals surface area contributed by atoms with Crippen molar-refractivity contribution in [3.8, 4) is 6.01 Å². The van der Waals surface area contributed by atoms with Crippen LogP contribution in [0.25, 0.3) is 0 Å². The molecule has 1 aromatic heterocycles. The topological polar surface area (TPSA) is 67.3 Å². The number of amides is 1. The van der Waals surface area contributed by atoms with E-state index in [-0.39, 0.29) is 17.5 Å². The highest BCUT2D eigenvalue weighted by atomic mass is 19.4. The van der Waals surface area contributed by atoms with Gasteiger partial charge >= 0.3 is 12.2 Å². The number of anilines is 2. The first-order chi connectivity index (χ1) is 8.73. The summed E-state index contributed by atoms with van der Waals surface area (Å²) in [5.74, 6) is -0.924. The SMILES string of the molecule is COc1ncc(NC(=O)CC(F)(F)F)c(N(C)C)n1. The Morgan fingerprint density at radius 3 is 2.58 bits per heavy atom. The lowest BCUT2D eigenvalue weighted by Crippen LogP contribution is -2.23. The third-order valence-corrected chi connectivity index (χ3v) is 1.99. The van der Waals surface area contributed by atoms with Gasteiger partial charge in [0.2, 0.25) is 5.91 Å². The van der Waals surface area contributed by atoms with Crippen LogP contribution >= 0.6 is 0 Å². The van der Waals surface area contributed by atoms with Gasteiger partial charge in [0.1, 0.15) is 12.1 Å². The van der Waals surface area contributed by atoms with Crippen molar-refractivity contribution in [2.45, 2.75) is 12.6 Å². The number of carbonyl (C=O) groups is 1. The summed E-state index contributed by atoms with van der Waals surface area (Å²) in [5.41, 5.74) is 0.0834. The summed E-state index contributed by atoms with van der Waals surface area (Å²) in [5, 5.41) is 2.12. The molecular formula is C10H13F3N4O2.